The van der Waals surface area contributed by atoms with E-state index in [9.17, 15) is 19.2 Å². The number of primary amides is 1. The van der Waals surface area contributed by atoms with Crippen LogP contribution in [0.15, 0.2) is 53.5 Å². The Morgan fingerprint density at radius 3 is 2.38 bits per heavy atom. The van der Waals surface area contributed by atoms with Crippen LogP contribution in [0.5, 0.6) is 0 Å². The predicted octanol–water partition coefficient (Wildman–Crippen LogP) is 0.432. The van der Waals surface area contributed by atoms with Crippen LogP contribution in [0.3, 0.4) is 0 Å². The Bertz CT molecular complexity index is 1010. The van der Waals surface area contributed by atoms with E-state index in [1.54, 1.807) is 42.6 Å². The average Bonchev–Trinajstić information content (AvgIpc) is 3.48. The van der Waals surface area contributed by atoms with Gasteiger partial charge in [-0.1, -0.05) is 6.07 Å². The van der Waals surface area contributed by atoms with Crippen molar-refractivity contribution in [2.24, 2.45) is 11.7 Å². The zero-order valence-corrected chi connectivity index (χ0v) is 15.8. The number of pyridine rings is 1. The summed E-state index contributed by atoms with van der Waals surface area (Å²) in [5.74, 6) is -0.914. The van der Waals surface area contributed by atoms with Crippen molar-refractivity contribution in [1.82, 2.24) is 14.8 Å². The van der Waals surface area contributed by atoms with Crippen molar-refractivity contribution in [2.75, 3.05) is 6.54 Å². The number of aromatic nitrogens is 1. The van der Waals surface area contributed by atoms with Crippen LogP contribution in [0.25, 0.3) is 5.69 Å². The molecule has 0 radical (unpaired) electrons. The first kappa shape index (κ1) is 18.9. The summed E-state index contributed by atoms with van der Waals surface area (Å²) < 4.78 is 1.48. The lowest BCUT2D eigenvalue weighted by atomic mass is 10.1. The van der Waals surface area contributed by atoms with E-state index in [2.05, 4.69) is 5.32 Å². The Labute approximate surface area is 167 Å². The maximum absolute atomic E-state index is 12.6. The SMILES string of the molecule is NC(=O)C1CC(NC(=O)c2ccc(-n3ccccc3=O)cc2)CN1C(=O)C1CC1. The molecular weight excluding hydrogens is 372 g/mol. The third-order valence-corrected chi connectivity index (χ3v) is 5.40. The highest BCUT2D eigenvalue weighted by molar-refractivity contribution is 5.95. The number of hydrogen-bond acceptors (Lipinski definition) is 4. The fraction of sp³-hybridized carbons (Fsp3) is 0.333. The summed E-state index contributed by atoms with van der Waals surface area (Å²) in [6, 6.07) is 10.5. The Hall–Kier alpha value is -3.42. The summed E-state index contributed by atoms with van der Waals surface area (Å²) in [5.41, 5.74) is 6.39. The number of nitrogens with two attached hydrogens (primary N) is 1. The lowest BCUT2D eigenvalue weighted by Crippen LogP contribution is -2.44. The number of likely N-dealkylation sites (tertiary alicyclic amines) is 1. The van der Waals surface area contributed by atoms with Gasteiger partial charge in [-0.2, -0.15) is 0 Å². The molecule has 150 valence electrons. The number of amides is 3. The molecule has 0 bridgehead atoms. The Balaban J connectivity index is 1.44. The highest BCUT2D eigenvalue weighted by atomic mass is 16.2. The average molecular weight is 394 g/mol. The third kappa shape index (κ3) is 3.91. The second-order valence-electron chi connectivity index (χ2n) is 7.54. The molecule has 8 heteroatoms. The molecular formula is C21H22N4O4. The second kappa shape index (κ2) is 7.54. The first-order chi connectivity index (χ1) is 13.9. The molecule has 1 saturated heterocycles. The molecule has 3 amide bonds. The highest BCUT2D eigenvalue weighted by Gasteiger charge is 2.43. The molecule has 1 aromatic heterocycles. The third-order valence-electron chi connectivity index (χ3n) is 5.40. The number of carbonyl (C=O) groups excluding carboxylic acids is 3. The van der Waals surface area contributed by atoms with Crippen LogP contribution in [-0.4, -0.2) is 45.8 Å². The van der Waals surface area contributed by atoms with E-state index in [0.29, 0.717) is 17.7 Å². The molecule has 2 aliphatic rings. The topological polar surface area (TPSA) is 114 Å². The number of benzene rings is 1. The van der Waals surface area contributed by atoms with E-state index in [0.717, 1.165) is 12.8 Å². The molecule has 2 aromatic rings. The Morgan fingerprint density at radius 2 is 1.76 bits per heavy atom. The Kier molecular flexibility index (Phi) is 4.92. The van der Waals surface area contributed by atoms with Crippen molar-refractivity contribution in [2.45, 2.75) is 31.3 Å². The van der Waals surface area contributed by atoms with Gasteiger partial charge < -0.3 is 16.0 Å². The van der Waals surface area contributed by atoms with Crippen molar-refractivity contribution in [1.29, 1.82) is 0 Å². The molecule has 3 N–H and O–H groups in total. The molecule has 1 saturated carbocycles. The van der Waals surface area contributed by atoms with Gasteiger partial charge in [0.15, 0.2) is 0 Å². The van der Waals surface area contributed by atoms with Gasteiger partial charge in [-0.05, 0) is 49.6 Å². The molecule has 29 heavy (non-hydrogen) atoms. The summed E-state index contributed by atoms with van der Waals surface area (Å²) in [7, 11) is 0. The summed E-state index contributed by atoms with van der Waals surface area (Å²) in [6.07, 6.45) is 3.66. The number of carbonyl (C=O) groups is 3. The number of rotatable bonds is 5. The predicted molar refractivity (Wildman–Crippen MR) is 105 cm³/mol. The van der Waals surface area contributed by atoms with Gasteiger partial charge in [0.05, 0.1) is 0 Å². The maximum atomic E-state index is 12.6. The molecule has 2 atom stereocenters. The molecule has 2 unspecified atom stereocenters. The minimum absolute atomic E-state index is 0.0137. The van der Waals surface area contributed by atoms with Crippen LogP contribution in [0, 0.1) is 5.92 Å². The van der Waals surface area contributed by atoms with Crippen molar-refractivity contribution < 1.29 is 14.4 Å². The largest absolute Gasteiger partial charge is 0.368 e. The Morgan fingerprint density at radius 1 is 1.03 bits per heavy atom. The fourth-order valence-corrected chi connectivity index (χ4v) is 3.70. The minimum Gasteiger partial charge on any atom is -0.368 e. The lowest BCUT2D eigenvalue weighted by molar-refractivity contribution is -0.138. The van der Waals surface area contributed by atoms with Crippen molar-refractivity contribution in [3.05, 3.63) is 64.6 Å². The fourth-order valence-electron chi connectivity index (χ4n) is 3.70. The normalized spacial score (nSPS) is 21.0. The van der Waals surface area contributed by atoms with E-state index in [-0.39, 0.29) is 35.9 Å². The minimum atomic E-state index is -0.680. The number of nitrogens with zero attached hydrogens (tertiary/aromatic N) is 2. The van der Waals surface area contributed by atoms with E-state index in [1.165, 1.54) is 15.5 Å². The molecule has 2 heterocycles. The first-order valence-corrected chi connectivity index (χ1v) is 9.63. The second-order valence-corrected chi connectivity index (χ2v) is 7.54. The maximum Gasteiger partial charge on any atom is 0.255 e. The van der Waals surface area contributed by atoms with Crippen LogP contribution < -0.4 is 16.6 Å². The zero-order valence-electron chi connectivity index (χ0n) is 15.8. The van der Waals surface area contributed by atoms with Gasteiger partial charge in [-0.15, -0.1) is 0 Å². The molecule has 0 spiro atoms. The van der Waals surface area contributed by atoms with E-state index >= 15 is 0 Å². The van der Waals surface area contributed by atoms with Crippen molar-refractivity contribution in [3.63, 3.8) is 0 Å². The van der Waals surface area contributed by atoms with Gasteiger partial charge in [0.1, 0.15) is 6.04 Å². The monoisotopic (exact) mass is 394 g/mol. The van der Waals surface area contributed by atoms with E-state index in [1.807, 2.05) is 0 Å². The highest BCUT2D eigenvalue weighted by Crippen LogP contribution is 2.33. The van der Waals surface area contributed by atoms with Crippen LogP contribution >= 0.6 is 0 Å². The quantitative estimate of drug-likeness (QED) is 0.765. The van der Waals surface area contributed by atoms with Gasteiger partial charge in [0.2, 0.25) is 11.8 Å². The van der Waals surface area contributed by atoms with Crippen LogP contribution in [0.4, 0.5) is 0 Å². The molecule has 1 aliphatic heterocycles. The molecule has 1 aliphatic carbocycles. The first-order valence-electron chi connectivity index (χ1n) is 9.63. The van der Waals surface area contributed by atoms with Gasteiger partial charge in [0, 0.05) is 42.0 Å². The molecule has 2 fully saturated rings. The number of hydrogen-bond donors (Lipinski definition) is 2. The van der Waals surface area contributed by atoms with E-state index in [4.69, 9.17) is 5.73 Å². The van der Waals surface area contributed by atoms with Gasteiger partial charge in [-0.3, -0.25) is 23.7 Å². The smallest absolute Gasteiger partial charge is 0.255 e. The van der Waals surface area contributed by atoms with Crippen LogP contribution in [0.2, 0.25) is 0 Å². The summed E-state index contributed by atoms with van der Waals surface area (Å²) in [5, 5.41) is 2.89. The van der Waals surface area contributed by atoms with Crippen LogP contribution in [0.1, 0.15) is 29.6 Å². The van der Waals surface area contributed by atoms with Crippen molar-refractivity contribution >= 4 is 17.7 Å². The van der Waals surface area contributed by atoms with E-state index < -0.39 is 11.9 Å². The molecule has 4 rings (SSSR count). The van der Waals surface area contributed by atoms with Crippen molar-refractivity contribution in [3.8, 4) is 5.69 Å². The lowest BCUT2D eigenvalue weighted by Gasteiger charge is -2.21. The standard InChI is InChI=1S/C21H22N4O4/c22-19(27)17-11-15(12-25(17)21(29)14-4-5-14)23-20(28)13-6-8-16(9-7-13)24-10-2-1-3-18(24)26/h1-3,6-10,14-15,17H,4-5,11-12H2,(H2,22,27)(H,23,28). The van der Waals surface area contributed by atoms with Gasteiger partial charge in [-0.25, -0.2) is 0 Å². The summed E-state index contributed by atoms with van der Waals surface area (Å²) in [4.78, 5) is 50.2. The van der Waals surface area contributed by atoms with Gasteiger partial charge >= 0.3 is 0 Å². The van der Waals surface area contributed by atoms with Gasteiger partial charge in [0.25, 0.3) is 11.5 Å². The number of nitrogens with one attached hydrogen (secondary N) is 1. The van der Waals surface area contributed by atoms with Crippen LogP contribution in [-0.2, 0) is 9.59 Å². The summed E-state index contributed by atoms with van der Waals surface area (Å²) >= 11 is 0. The summed E-state index contributed by atoms with van der Waals surface area (Å²) in [6.45, 7) is 0.284. The molecule has 8 nitrogen and oxygen atoms in total. The molecule has 1 aromatic carbocycles. The zero-order chi connectivity index (χ0) is 20.5.